The van der Waals surface area contributed by atoms with Gasteiger partial charge >= 0.3 is 5.97 Å². The molecule has 6 nitrogen and oxygen atoms in total. The van der Waals surface area contributed by atoms with Crippen molar-refractivity contribution in [3.8, 4) is 11.5 Å². The molecule has 1 unspecified atom stereocenters. The van der Waals surface area contributed by atoms with Crippen LogP contribution in [0.1, 0.15) is 49.7 Å². The van der Waals surface area contributed by atoms with Gasteiger partial charge in [0.05, 0.1) is 0 Å². The first-order chi connectivity index (χ1) is 13.2. The van der Waals surface area contributed by atoms with Gasteiger partial charge in [0.2, 0.25) is 6.79 Å². The average molecular weight is 371 g/mol. The molecule has 0 saturated carbocycles. The Balaban J connectivity index is 1.49. The van der Waals surface area contributed by atoms with Gasteiger partial charge in [-0.3, -0.25) is 9.69 Å². The normalized spacial score (nSPS) is 30.5. The van der Waals surface area contributed by atoms with Crippen LogP contribution >= 0.6 is 0 Å². The Labute approximate surface area is 158 Å². The maximum absolute atomic E-state index is 12.2. The number of nitrogens with zero attached hydrogens (tertiary/aromatic N) is 1. The summed E-state index contributed by atoms with van der Waals surface area (Å²) >= 11 is 0. The summed E-state index contributed by atoms with van der Waals surface area (Å²) in [6, 6.07) is 4.23. The van der Waals surface area contributed by atoms with E-state index >= 15 is 0 Å². The highest BCUT2D eigenvalue weighted by Crippen LogP contribution is 2.50. The number of aliphatic hydroxyl groups excluding tert-OH is 1. The van der Waals surface area contributed by atoms with Crippen molar-refractivity contribution in [3.05, 3.63) is 34.9 Å². The fourth-order valence-corrected chi connectivity index (χ4v) is 4.97. The molecule has 1 aromatic carbocycles. The minimum absolute atomic E-state index is 0.116. The molecule has 0 spiro atoms. The number of esters is 1. The fraction of sp³-hybridized carbons (Fsp3) is 0.571. The van der Waals surface area contributed by atoms with Crippen LogP contribution in [0.15, 0.2) is 23.8 Å². The third-order valence-corrected chi connectivity index (χ3v) is 6.25. The van der Waals surface area contributed by atoms with E-state index < -0.39 is 12.2 Å². The van der Waals surface area contributed by atoms with Crippen molar-refractivity contribution in [3.63, 3.8) is 0 Å². The van der Waals surface area contributed by atoms with Crippen LogP contribution in [-0.4, -0.2) is 47.6 Å². The first-order valence-corrected chi connectivity index (χ1v) is 9.90. The molecule has 1 fully saturated rings. The van der Waals surface area contributed by atoms with Crippen LogP contribution in [-0.2, 0) is 16.1 Å². The molecule has 0 amide bonds. The maximum Gasteiger partial charge on any atom is 0.306 e. The number of hydrogen-bond donors (Lipinski definition) is 1. The number of ether oxygens (including phenoxy) is 3. The molecule has 27 heavy (non-hydrogen) atoms. The Hall–Kier alpha value is -2.05. The molecular formula is C21H25NO5. The minimum Gasteiger partial charge on any atom is -0.455 e. The van der Waals surface area contributed by atoms with E-state index in [0.29, 0.717) is 6.42 Å². The summed E-state index contributed by atoms with van der Waals surface area (Å²) in [6.45, 7) is 4.09. The molecule has 4 aliphatic rings. The zero-order chi connectivity index (χ0) is 18.5. The molecule has 1 aromatic rings. The highest BCUT2D eigenvalue weighted by atomic mass is 16.7. The van der Waals surface area contributed by atoms with Crippen molar-refractivity contribution in [2.75, 3.05) is 13.3 Å². The number of carbonyl (C=O) groups excluding carboxylic acids is 1. The summed E-state index contributed by atoms with van der Waals surface area (Å²) in [6.07, 6.45) is 3.77. The Bertz CT molecular complexity index is 804. The van der Waals surface area contributed by atoms with Gasteiger partial charge in [-0.1, -0.05) is 18.9 Å². The Morgan fingerprint density at radius 2 is 2.15 bits per heavy atom. The maximum atomic E-state index is 12.2. The number of fused-ring (bicyclic) bond motifs is 3. The van der Waals surface area contributed by atoms with Gasteiger partial charge in [0.15, 0.2) is 11.5 Å². The van der Waals surface area contributed by atoms with E-state index in [1.165, 1.54) is 11.1 Å². The molecular weight excluding hydrogens is 346 g/mol. The Morgan fingerprint density at radius 3 is 2.96 bits per heavy atom. The largest absolute Gasteiger partial charge is 0.455 e. The number of aliphatic hydroxyl groups is 1. The SMILES string of the molecule is CCCCC(=O)O[C@H]1C=C2CCN3Cc4cc5c(cc4[C@@H](C23)[C@@H]1O)OCO5. The van der Waals surface area contributed by atoms with Crippen LogP contribution in [0.25, 0.3) is 0 Å². The summed E-state index contributed by atoms with van der Waals surface area (Å²) in [4.78, 5) is 14.6. The Kier molecular flexibility index (Phi) is 4.13. The van der Waals surface area contributed by atoms with Crippen molar-refractivity contribution in [1.29, 1.82) is 0 Å². The van der Waals surface area contributed by atoms with E-state index in [0.717, 1.165) is 49.4 Å². The average Bonchev–Trinajstić information content (AvgIpc) is 3.28. The van der Waals surface area contributed by atoms with Gasteiger partial charge < -0.3 is 19.3 Å². The molecule has 0 bridgehead atoms. The number of carbonyl (C=O) groups is 1. The zero-order valence-electron chi connectivity index (χ0n) is 15.5. The van der Waals surface area contributed by atoms with E-state index in [1.807, 2.05) is 25.1 Å². The highest BCUT2D eigenvalue weighted by molar-refractivity contribution is 5.70. The molecule has 0 radical (unpaired) electrons. The summed E-state index contributed by atoms with van der Waals surface area (Å²) in [5.74, 6) is 1.16. The van der Waals surface area contributed by atoms with Crippen molar-refractivity contribution >= 4 is 5.97 Å². The lowest BCUT2D eigenvalue weighted by molar-refractivity contribution is -0.153. The van der Waals surface area contributed by atoms with Gasteiger partial charge in [-0.05, 0) is 42.2 Å². The van der Waals surface area contributed by atoms with E-state index in [9.17, 15) is 9.90 Å². The van der Waals surface area contributed by atoms with E-state index in [1.54, 1.807) is 0 Å². The predicted octanol–water partition coefficient (Wildman–Crippen LogP) is 2.49. The first kappa shape index (κ1) is 17.1. The number of benzene rings is 1. The van der Waals surface area contributed by atoms with E-state index in [4.69, 9.17) is 14.2 Å². The lowest BCUT2D eigenvalue weighted by atomic mass is 9.73. The van der Waals surface area contributed by atoms with Crippen LogP contribution in [0.4, 0.5) is 0 Å². The molecule has 3 aliphatic heterocycles. The van der Waals surface area contributed by atoms with Crippen LogP contribution in [0.5, 0.6) is 11.5 Å². The third kappa shape index (κ3) is 2.74. The highest BCUT2D eigenvalue weighted by Gasteiger charge is 2.50. The van der Waals surface area contributed by atoms with Crippen LogP contribution in [0.2, 0.25) is 0 Å². The predicted molar refractivity (Wildman–Crippen MR) is 97.6 cm³/mol. The molecule has 5 rings (SSSR count). The van der Waals surface area contributed by atoms with Crippen molar-refractivity contribution < 1.29 is 24.1 Å². The third-order valence-electron chi connectivity index (χ3n) is 6.25. The van der Waals surface area contributed by atoms with Crippen LogP contribution < -0.4 is 9.47 Å². The standard InChI is InChI=1S/C21H25NO5/c1-2-3-4-18(23)27-17-7-12-5-6-22-10-13-8-15-16(26-11-25-15)9-14(13)19(20(12)22)21(17)24/h7-9,17,19-21,24H,2-6,10-11H2,1H3/t17-,19-,20?,21+/m0/s1. The number of rotatable bonds is 4. The quantitative estimate of drug-likeness (QED) is 0.648. The van der Waals surface area contributed by atoms with Gasteiger partial charge in [-0.25, -0.2) is 0 Å². The molecule has 144 valence electrons. The minimum atomic E-state index is -0.760. The van der Waals surface area contributed by atoms with Crippen LogP contribution in [0, 0.1) is 0 Å². The molecule has 0 aromatic heterocycles. The summed E-state index contributed by atoms with van der Waals surface area (Å²) in [5, 5.41) is 11.2. The zero-order valence-corrected chi connectivity index (χ0v) is 15.5. The van der Waals surface area contributed by atoms with Gasteiger partial charge in [0, 0.05) is 31.5 Å². The van der Waals surface area contributed by atoms with E-state index in [2.05, 4.69) is 4.90 Å². The molecule has 1 N–H and O–H groups in total. The summed E-state index contributed by atoms with van der Waals surface area (Å²) in [5.41, 5.74) is 3.54. The number of hydrogen-bond acceptors (Lipinski definition) is 6. The molecule has 6 heteroatoms. The second-order valence-electron chi connectivity index (χ2n) is 7.89. The topological polar surface area (TPSA) is 68.2 Å². The van der Waals surface area contributed by atoms with Crippen molar-refractivity contribution in [1.82, 2.24) is 4.90 Å². The fourth-order valence-electron chi connectivity index (χ4n) is 4.97. The van der Waals surface area contributed by atoms with Gasteiger partial charge in [-0.2, -0.15) is 0 Å². The first-order valence-electron chi connectivity index (χ1n) is 9.90. The van der Waals surface area contributed by atoms with Gasteiger partial charge in [0.1, 0.15) is 12.2 Å². The number of unbranched alkanes of at least 4 members (excludes halogenated alkanes) is 1. The second kappa shape index (κ2) is 6.53. The van der Waals surface area contributed by atoms with E-state index in [-0.39, 0.29) is 24.7 Å². The van der Waals surface area contributed by atoms with Crippen LogP contribution in [0.3, 0.4) is 0 Å². The van der Waals surface area contributed by atoms with Gasteiger partial charge in [-0.15, -0.1) is 0 Å². The summed E-state index contributed by atoms with van der Waals surface area (Å²) < 4.78 is 16.8. The molecule has 3 heterocycles. The Morgan fingerprint density at radius 1 is 1.33 bits per heavy atom. The van der Waals surface area contributed by atoms with Gasteiger partial charge in [0.25, 0.3) is 0 Å². The van der Waals surface area contributed by atoms with Crippen molar-refractivity contribution in [2.45, 2.75) is 63.3 Å². The molecule has 1 saturated heterocycles. The molecule has 4 atom stereocenters. The van der Waals surface area contributed by atoms with Crippen molar-refractivity contribution in [2.24, 2.45) is 0 Å². The lowest BCUT2D eigenvalue weighted by Gasteiger charge is -2.45. The smallest absolute Gasteiger partial charge is 0.306 e. The monoisotopic (exact) mass is 371 g/mol. The molecule has 1 aliphatic carbocycles. The second-order valence-corrected chi connectivity index (χ2v) is 7.89. The summed E-state index contributed by atoms with van der Waals surface area (Å²) in [7, 11) is 0. The lowest BCUT2D eigenvalue weighted by Crippen LogP contribution is -2.50.